The molecule has 0 N–H and O–H groups in total. The Labute approximate surface area is 269 Å². The maximum atomic E-state index is 15.1. The molecule has 3 aliphatic rings. The zero-order valence-corrected chi connectivity index (χ0v) is 25.2. The second kappa shape index (κ2) is 12.9. The van der Waals surface area contributed by atoms with Crippen molar-refractivity contribution in [3.8, 4) is 11.5 Å². The number of fused-ring (bicyclic) bond motifs is 2. The van der Waals surface area contributed by atoms with Crippen molar-refractivity contribution in [2.75, 3.05) is 13.2 Å². The van der Waals surface area contributed by atoms with E-state index in [1.165, 1.54) is 0 Å². The van der Waals surface area contributed by atoms with E-state index in [1.54, 1.807) is 0 Å². The first-order valence-electron chi connectivity index (χ1n) is 14.9. The van der Waals surface area contributed by atoms with E-state index < -0.39 is 106 Å². The molecule has 2 aromatic rings. The largest absolute Gasteiger partial charge is 0.527 e. The molecule has 2 bridgehead atoms. The molecule has 0 unspecified atom stereocenters. The minimum Gasteiger partial charge on any atom is -0.432 e. The van der Waals surface area contributed by atoms with Gasteiger partial charge in [0.1, 0.15) is 51.5 Å². The van der Waals surface area contributed by atoms with Gasteiger partial charge in [-0.3, -0.25) is 0 Å². The van der Waals surface area contributed by atoms with Crippen LogP contribution < -0.4 is 9.47 Å². The van der Waals surface area contributed by atoms with E-state index in [0.29, 0.717) is 19.6 Å². The van der Waals surface area contributed by atoms with Gasteiger partial charge in [-0.05, 0) is 32.1 Å². The Morgan fingerprint density at radius 1 is 0.694 bits per heavy atom. The van der Waals surface area contributed by atoms with E-state index in [2.05, 4.69) is 14.2 Å². The smallest absolute Gasteiger partial charge is 0.432 e. The summed E-state index contributed by atoms with van der Waals surface area (Å²) < 4.78 is 210. The highest BCUT2D eigenvalue weighted by molar-refractivity contribution is 5.36. The molecule has 0 amide bonds. The highest BCUT2D eigenvalue weighted by Gasteiger charge is 2.63. The zero-order chi connectivity index (χ0) is 36.2. The standard InChI is InChI=1S/C30H27F13O6/c1-2-3-8-25-13-44-29(48-25,45-14-25)16-6-4-15(5-7-16)26(35,36)46-17-9-19(31)23(20(32)10-17)27(37,38)47-18-11-21(33)24(22(34)12-18)28(39,40)49-30(41,42)43/h9-12,15-16H,2-8,13-14H2,1H3. The molecule has 2 aromatic carbocycles. The van der Waals surface area contributed by atoms with E-state index >= 15 is 8.78 Å². The molecular formula is C30H27F13O6. The van der Waals surface area contributed by atoms with Crippen molar-refractivity contribution in [1.82, 2.24) is 0 Å². The Balaban J connectivity index is 1.25. The second-order valence-electron chi connectivity index (χ2n) is 12.0. The van der Waals surface area contributed by atoms with Crippen molar-refractivity contribution in [2.45, 2.75) is 88.1 Å². The number of alkyl halides is 9. The quantitative estimate of drug-likeness (QED) is 0.203. The molecule has 3 fully saturated rings. The van der Waals surface area contributed by atoms with Crippen LogP contribution in [0.5, 0.6) is 11.5 Å². The lowest BCUT2D eigenvalue weighted by Crippen LogP contribution is -2.45. The third-order valence-corrected chi connectivity index (χ3v) is 8.48. The van der Waals surface area contributed by atoms with Crippen molar-refractivity contribution < 1.29 is 85.5 Å². The van der Waals surface area contributed by atoms with Crippen LogP contribution in [0.4, 0.5) is 57.1 Å². The second-order valence-corrected chi connectivity index (χ2v) is 12.0. The van der Waals surface area contributed by atoms with E-state index in [1.807, 2.05) is 6.92 Å². The number of rotatable bonds is 12. The predicted octanol–water partition coefficient (Wildman–Crippen LogP) is 9.39. The van der Waals surface area contributed by atoms with Crippen LogP contribution in [-0.4, -0.2) is 37.3 Å². The van der Waals surface area contributed by atoms with Crippen molar-refractivity contribution in [3.63, 3.8) is 0 Å². The van der Waals surface area contributed by atoms with Crippen LogP contribution in [-0.2, 0) is 31.2 Å². The van der Waals surface area contributed by atoms with E-state index in [0.717, 1.165) is 12.8 Å². The zero-order valence-electron chi connectivity index (χ0n) is 25.2. The average Bonchev–Trinajstić information content (AvgIpc) is 3.51. The molecule has 2 heterocycles. The molecule has 0 aromatic heterocycles. The normalized spacial score (nSPS) is 26.3. The van der Waals surface area contributed by atoms with Gasteiger partial charge in [0.25, 0.3) is 5.97 Å². The molecule has 0 spiro atoms. The third kappa shape index (κ3) is 7.68. The summed E-state index contributed by atoms with van der Waals surface area (Å²) in [7, 11) is 0. The number of hydrogen-bond acceptors (Lipinski definition) is 6. The van der Waals surface area contributed by atoms with Crippen LogP contribution in [0.1, 0.15) is 63.0 Å². The summed E-state index contributed by atoms with van der Waals surface area (Å²) >= 11 is 0. The highest BCUT2D eigenvalue weighted by atomic mass is 19.4. The number of ether oxygens (including phenoxy) is 6. The molecular weight excluding hydrogens is 703 g/mol. The lowest BCUT2D eigenvalue weighted by Gasteiger charge is -2.38. The molecule has 2 aliphatic heterocycles. The van der Waals surface area contributed by atoms with Gasteiger partial charge in [-0.1, -0.05) is 19.8 Å². The molecule has 2 saturated heterocycles. The van der Waals surface area contributed by atoms with Gasteiger partial charge in [-0.2, -0.15) is 26.3 Å². The van der Waals surface area contributed by atoms with Gasteiger partial charge in [-0.25, -0.2) is 22.3 Å². The van der Waals surface area contributed by atoms with Crippen LogP contribution in [0.25, 0.3) is 0 Å². The van der Waals surface area contributed by atoms with Gasteiger partial charge in [0, 0.05) is 30.2 Å². The van der Waals surface area contributed by atoms with Gasteiger partial charge < -0.3 is 23.7 Å². The predicted molar refractivity (Wildman–Crippen MR) is 137 cm³/mol. The Kier molecular flexibility index (Phi) is 9.83. The van der Waals surface area contributed by atoms with Crippen LogP contribution in [0.15, 0.2) is 24.3 Å². The Morgan fingerprint density at radius 2 is 1.16 bits per heavy atom. The summed E-state index contributed by atoms with van der Waals surface area (Å²) in [5.41, 5.74) is -5.50. The van der Waals surface area contributed by atoms with Gasteiger partial charge in [-0.15, -0.1) is 13.2 Å². The first-order valence-corrected chi connectivity index (χ1v) is 14.9. The van der Waals surface area contributed by atoms with Crippen LogP contribution in [0, 0.1) is 35.1 Å². The average molecular weight is 731 g/mol. The fourth-order valence-electron chi connectivity index (χ4n) is 6.17. The summed E-state index contributed by atoms with van der Waals surface area (Å²) in [4.78, 5) is 0. The van der Waals surface area contributed by atoms with Crippen molar-refractivity contribution in [2.24, 2.45) is 11.8 Å². The van der Waals surface area contributed by atoms with Crippen molar-refractivity contribution in [1.29, 1.82) is 0 Å². The maximum absolute atomic E-state index is 15.1. The molecule has 274 valence electrons. The Morgan fingerprint density at radius 3 is 1.63 bits per heavy atom. The van der Waals surface area contributed by atoms with E-state index in [4.69, 9.17) is 14.2 Å². The highest BCUT2D eigenvalue weighted by Crippen LogP contribution is 2.52. The third-order valence-electron chi connectivity index (χ3n) is 8.48. The van der Waals surface area contributed by atoms with Gasteiger partial charge in [0.2, 0.25) is 0 Å². The monoisotopic (exact) mass is 730 g/mol. The minimum absolute atomic E-state index is 0.0318. The molecule has 49 heavy (non-hydrogen) atoms. The van der Waals surface area contributed by atoms with Crippen molar-refractivity contribution in [3.05, 3.63) is 58.7 Å². The maximum Gasteiger partial charge on any atom is 0.527 e. The Hall–Kier alpha value is -3.03. The number of hydrogen-bond donors (Lipinski definition) is 0. The topological polar surface area (TPSA) is 55.4 Å². The Bertz CT molecular complexity index is 1470. The minimum atomic E-state index is -6.08. The van der Waals surface area contributed by atoms with Crippen LogP contribution in [0.2, 0.25) is 0 Å². The molecule has 0 radical (unpaired) electrons. The molecule has 1 aliphatic carbocycles. The molecule has 1 saturated carbocycles. The van der Waals surface area contributed by atoms with Gasteiger partial charge in [0.05, 0.1) is 19.1 Å². The summed E-state index contributed by atoms with van der Waals surface area (Å²) in [6, 6.07) is -0.907. The lowest BCUT2D eigenvalue weighted by atomic mass is 9.80. The summed E-state index contributed by atoms with van der Waals surface area (Å²) in [6.07, 6.45) is -18.5. The first-order chi connectivity index (χ1) is 22.6. The van der Waals surface area contributed by atoms with Crippen LogP contribution in [0.3, 0.4) is 0 Å². The van der Waals surface area contributed by atoms with Crippen molar-refractivity contribution >= 4 is 0 Å². The van der Waals surface area contributed by atoms with E-state index in [-0.39, 0.29) is 37.8 Å². The lowest BCUT2D eigenvalue weighted by molar-refractivity contribution is -0.432. The number of halogens is 13. The molecule has 5 rings (SSSR count). The summed E-state index contributed by atoms with van der Waals surface area (Å²) in [5.74, 6) is -15.7. The van der Waals surface area contributed by atoms with E-state index in [9.17, 15) is 48.3 Å². The van der Waals surface area contributed by atoms with Gasteiger partial charge in [0.15, 0.2) is 0 Å². The fourth-order valence-corrected chi connectivity index (χ4v) is 6.17. The number of unbranched alkanes of at least 4 members (excludes halogenated alkanes) is 1. The number of benzene rings is 2. The summed E-state index contributed by atoms with van der Waals surface area (Å²) in [6.45, 7) is 2.60. The van der Waals surface area contributed by atoms with Crippen LogP contribution >= 0.6 is 0 Å². The molecule has 19 heteroatoms. The molecule has 6 nitrogen and oxygen atoms in total. The SMILES string of the molecule is CCCCC12COC(C3CCC(C(F)(F)Oc4cc(F)c(C(F)(F)Oc5cc(F)c(C(F)(F)OC(F)(F)F)c(F)c5)c(F)c4)CC3)(OC1)O2. The first kappa shape index (κ1) is 37.2. The summed E-state index contributed by atoms with van der Waals surface area (Å²) in [5, 5.41) is 0. The van der Waals surface area contributed by atoms with Gasteiger partial charge >= 0.3 is 24.7 Å². The fraction of sp³-hybridized carbons (Fsp3) is 0.600. The molecule has 0 atom stereocenters.